The highest BCUT2D eigenvalue weighted by atomic mass is 16.5. The fraction of sp³-hybridized carbons (Fsp3) is 0.167. The first-order valence-corrected chi connectivity index (χ1v) is 8.07. The zero-order valence-corrected chi connectivity index (χ0v) is 14.1. The van der Waals surface area contributed by atoms with Crippen LogP contribution in [0.25, 0.3) is 22.4 Å². The Labute approximate surface area is 149 Å². The van der Waals surface area contributed by atoms with Gasteiger partial charge in [0.15, 0.2) is 18.8 Å². The summed E-state index contributed by atoms with van der Waals surface area (Å²) in [6.07, 6.45) is 1.69. The quantitative estimate of drug-likeness (QED) is 0.541. The van der Waals surface area contributed by atoms with Crippen LogP contribution in [0.2, 0.25) is 0 Å². The Morgan fingerprint density at radius 1 is 1.15 bits per heavy atom. The van der Waals surface area contributed by atoms with Crippen LogP contribution in [0, 0.1) is 0 Å². The molecule has 2 amide bonds. The topological polar surface area (TPSA) is 110 Å². The van der Waals surface area contributed by atoms with Crippen LogP contribution in [-0.2, 0) is 4.74 Å². The van der Waals surface area contributed by atoms with E-state index >= 15 is 0 Å². The maximum Gasteiger partial charge on any atom is 0.502 e. The number of aromatic nitrogens is 3. The van der Waals surface area contributed by atoms with Crippen molar-refractivity contribution in [2.45, 2.75) is 6.92 Å². The van der Waals surface area contributed by atoms with E-state index in [0.29, 0.717) is 29.3 Å². The van der Waals surface area contributed by atoms with Crippen molar-refractivity contribution in [3.8, 4) is 11.3 Å². The zero-order valence-electron chi connectivity index (χ0n) is 14.1. The summed E-state index contributed by atoms with van der Waals surface area (Å²) in [6.45, 7) is 1.95. The molecule has 26 heavy (non-hydrogen) atoms. The van der Waals surface area contributed by atoms with Crippen molar-refractivity contribution < 1.29 is 14.3 Å². The molecule has 8 nitrogen and oxygen atoms in total. The van der Waals surface area contributed by atoms with Gasteiger partial charge in [-0.25, -0.2) is 14.8 Å². The van der Waals surface area contributed by atoms with Gasteiger partial charge in [0.2, 0.25) is 0 Å². The van der Waals surface area contributed by atoms with Crippen LogP contribution in [0.3, 0.4) is 0 Å². The van der Waals surface area contributed by atoms with Gasteiger partial charge < -0.3 is 14.8 Å². The van der Waals surface area contributed by atoms with Crippen LogP contribution in [0.4, 0.5) is 10.6 Å². The van der Waals surface area contributed by atoms with E-state index in [1.54, 1.807) is 25.3 Å². The first-order valence-electron chi connectivity index (χ1n) is 8.07. The lowest BCUT2D eigenvalue weighted by Gasteiger charge is -2.06. The van der Waals surface area contributed by atoms with E-state index in [4.69, 9.17) is 4.74 Å². The number of esters is 1. The Balaban J connectivity index is 1.73. The second-order valence-corrected chi connectivity index (χ2v) is 5.29. The highest BCUT2D eigenvalue weighted by molar-refractivity contribution is 5.91. The first kappa shape index (κ1) is 17.3. The normalized spacial score (nSPS) is 10.3. The van der Waals surface area contributed by atoms with E-state index in [1.165, 1.54) is 0 Å². The number of rotatable bonds is 5. The third-order valence-corrected chi connectivity index (χ3v) is 3.43. The van der Waals surface area contributed by atoms with Crippen molar-refractivity contribution >= 4 is 29.0 Å². The standard InChI is InChI=1S/C18H17N5O3/c1-2-26-16(24)11-20-18(25)23-15-9-8-13-17(22-15)21-14(10-19-13)12-6-4-3-5-7-12/h3-10H,2,11H2,1H3,(H2,20,21,22,23,25)/p+1. The number of ether oxygens (including phenoxy) is 1. The molecule has 8 heteroatoms. The Morgan fingerprint density at radius 2 is 1.96 bits per heavy atom. The van der Waals surface area contributed by atoms with Gasteiger partial charge in [0.05, 0.1) is 11.9 Å². The van der Waals surface area contributed by atoms with Gasteiger partial charge >= 0.3 is 12.0 Å². The molecule has 0 bridgehead atoms. The summed E-state index contributed by atoms with van der Waals surface area (Å²) >= 11 is 0. The molecule has 2 heterocycles. The van der Waals surface area contributed by atoms with Gasteiger partial charge in [0.25, 0.3) is 0 Å². The van der Waals surface area contributed by atoms with Crippen LogP contribution in [0.5, 0.6) is 0 Å². The van der Waals surface area contributed by atoms with E-state index in [1.807, 2.05) is 30.3 Å². The maximum absolute atomic E-state index is 11.9. The van der Waals surface area contributed by atoms with E-state index in [-0.39, 0.29) is 12.5 Å². The van der Waals surface area contributed by atoms with Crippen LogP contribution in [0.15, 0.2) is 48.7 Å². The van der Waals surface area contributed by atoms with Gasteiger partial charge in [0.1, 0.15) is 11.3 Å². The summed E-state index contributed by atoms with van der Waals surface area (Å²) < 4.78 is 4.85. The molecule has 3 rings (SSSR count). The predicted octanol–water partition coefficient (Wildman–Crippen LogP) is 2.35. The fourth-order valence-corrected chi connectivity index (χ4v) is 2.25. The zero-order chi connectivity index (χ0) is 18.4. The molecule has 0 unspecified atom stereocenters. The molecular formula is C18H18N5O3+. The monoisotopic (exact) mass is 352 g/mol. The number of pyridine rings is 1. The van der Waals surface area contributed by atoms with E-state index < -0.39 is 6.03 Å². The van der Waals surface area contributed by atoms with Crippen LogP contribution in [-0.4, -0.2) is 44.9 Å². The molecule has 2 aromatic heterocycles. The van der Waals surface area contributed by atoms with Gasteiger partial charge in [-0.15, -0.1) is 0 Å². The van der Waals surface area contributed by atoms with Crippen LogP contribution >= 0.6 is 0 Å². The molecule has 0 aliphatic heterocycles. The second-order valence-electron chi connectivity index (χ2n) is 5.29. The summed E-state index contributed by atoms with van der Waals surface area (Å²) in [4.78, 5) is 34.4. The number of carbonyl (C=O) groups is 1. The van der Waals surface area contributed by atoms with Crippen LogP contribution < -0.4 is 10.6 Å². The highest BCUT2D eigenvalue weighted by Gasteiger charge is 2.13. The minimum atomic E-state index is -0.518. The lowest BCUT2D eigenvalue weighted by molar-refractivity contribution is 0.249. The Bertz CT molecular complexity index is 931. The van der Waals surface area contributed by atoms with Gasteiger partial charge in [0, 0.05) is 5.56 Å². The molecule has 0 aliphatic carbocycles. The molecule has 1 aromatic carbocycles. The molecular weight excluding hydrogens is 334 g/mol. The number of nitrogens with one attached hydrogen (secondary N) is 2. The van der Waals surface area contributed by atoms with Gasteiger partial charge in [-0.05, 0) is 19.1 Å². The highest BCUT2D eigenvalue weighted by Crippen LogP contribution is 2.18. The van der Waals surface area contributed by atoms with Crippen molar-refractivity contribution in [2.24, 2.45) is 0 Å². The lowest BCUT2D eigenvalue weighted by atomic mass is 10.2. The van der Waals surface area contributed by atoms with Gasteiger partial charge in [-0.1, -0.05) is 30.3 Å². The molecule has 0 fully saturated rings. The summed E-state index contributed by atoms with van der Waals surface area (Å²) in [5.74, 6) is 0.0675. The maximum atomic E-state index is 11.9. The van der Waals surface area contributed by atoms with Crippen molar-refractivity contribution in [2.75, 3.05) is 18.5 Å². The first-order chi connectivity index (χ1) is 12.7. The largest absolute Gasteiger partial charge is 0.502 e. The third-order valence-electron chi connectivity index (χ3n) is 3.43. The molecule has 0 aliphatic rings. The summed E-state index contributed by atoms with van der Waals surface area (Å²) in [5.41, 5.74) is 2.68. The number of hydrogen-bond acceptors (Lipinski definition) is 5. The predicted molar refractivity (Wildman–Crippen MR) is 98.4 cm³/mol. The molecule has 0 atom stereocenters. The summed E-state index contributed by atoms with van der Waals surface area (Å²) in [5, 5.41) is 5.04. The number of anilines is 1. The molecule has 0 saturated heterocycles. The third kappa shape index (κ3) is 4.29. The van der Waals surface area contributed by atoms with Crippen molar-refractivity contribution in [1.82, 2.24) is 20.3 Å². The smallest absolute Gasteiger partial charge is 0.338 e. The number of amides is 2. The Kier molecular flexibility index (Phi) is 5.33. The van der Waals surface area contributed by atoms with Crippen LogP contribution in [0.1, 0.15) is 6.92 Å². The number of hydrogen-bond donors (Lipinski definition) is 2. The lowest BCUT2D eigenvalue weighted by Crippen LogP contribution is -2.34. The summed E-state index contributed by atoms with van der Waals surface area (Å²) in [7, 11) is 0. The van der Waals surface area contributed by atoms with Crippen molar-refractivity contribution in [3.63, 3.8) is 0 Å². The average Bonchev–Trinajstić information content (AvgIpc) is 2.67. The number of benzene rings is 1. The number of carbonyl (C=O) groups excluding carboxylic acids is 2. The van der Waals surface area contributed by atoms with Gasteiger partial charge in [-0.3, -0.25) is 10.3 Å². The second kappa shape index (κ2) is 8.02. The average molecular weight is 352 g/mol. The Morgan fingerprint density at radius 3 is 2.73 bits per heavy atom. The molecule has 0 radical (unpaired) electrons. The minimum absolute atomic E-state index is 0.106. The van der Waals surface area contributed by atoms with E-state index in [0.717, 1.165) is 5.56 Å². The van der Waals surface area contributed by atoms with E-state index in [2.05, 4.69) is 25.6 Å². The molecule has 3 aromatic rings. The minimum Gasteiger partial charge on any atom is -0.338 e. The molecule has 0 saturated carbocycles. The van der Waals surface area contributed by atoms with Crippen molar-refractivity contribution in [1.29, 1.82) is 0 Å². The molecule has 132 valence electrons. The number of urea groups is 1. The number of nitrogens with zero attached hydrogens (tertiary/aromatic N) is 3. The molecule has 0 spiro atoms. The SMILES string of the molecule is CCOC(=[OH+])CNC(=O)Nc1ccc2ncc(-c3ccccc3)nc2n1. The number of fused-ring (bicyclic) bond motifs is 1. The molecule has 3 N–H and O–H groups in total. The Hall–Kier alpha value is -3.55. The van der Waals surface area contributed by atoms with Gasteiger partial charge in [-0.2, -0.15) is 0 Å². The van der Waals surface area contributed by atoms with Crippen molar-refractivity contribution in [3.05, 3.63) is 48.7 Å². The summed E-state index contributed by atoms with van der Waals surface area (Å²) in [6, 6.07) is 12.5. The van der Waals surface area contributed by atoms with E-state index in [9.17, 15) is 9.59 Å². The fourth-order valence-electron chi connectivity index (χ4n) is 2.25.